The maximum Gasteiger partial charge on any atom is 0.124 e. The van der Waals surface area contributed by atoms with E-state index in [1.807, 2.05) is 30.3 Å². The zero-order valence-corrected chi connectivity index (χ0v) is 8.03. The first-order chi connectivity index (χ1) is 6.81. The summed E-state index contributed by atoms with van der Waals surface area (Å²) in [5, 5.41) is 1.10. The molecule has 0 aliphatic carbocycles. The standard InChI is InChI=1S/C11H12N2O/c1-14-7-8-3-2-4-10-9(8)5-6-11(12)13-10/h2-6H,7H2,1H3,(H2,12,13). The molecule has 0 radical (unpaired) electrons. The van der Waals surface area contributed by atoms with Gasteiger partial charge in [0.2, 0.25) is 0 Å². The highest BCUT2D eigenvalue weighted by atomic mass is 16.5. The molecule has 0 saturated heterocycles. The van der Waals surface area contributed by atoms with E-state index in [0.717, 1.165) is 16.5 Å². The van der Waals surface area contributed by atoms with Gasteiger partial charge in [-0.25, -0.2) is 4.98 Å². The van der Waals surface area contributed by atoms with Gasteiger partial charge in [0.1, 0.15) is 5.82 Å². The predicted octanol–water partition coefficient (Wildman–Crippen LogP) is 1.96. The Morgan fingerprint density at radius 1 is 1.29 bits per heavy atom. The van der Waals surface area contributed by atoms with E-state index in [0.29, 0.717) is 12.4 Å². The van der Waals surface area contributed by atoms with Crippen molar-refractivity contribution in [2.45, 2.75) is 6.61 Å². The predicted molar refractivity (Wildman–Crippen MR) is 56.9 cm³/mol. The third-order valence-corrected chi connectivity index (χ3v) is 2.14. The minimum absolute atomic E-state index is 0.548. The molecule has 3 heteroatoms. The van der Waals surface area contributed by atoms with Gasteiger partial charge in [0.05, 0.1) is 12.1 Å². The van der Waals surface area contributed by atoms with E-state index >= 15 is 0 Å². The fourth-order valence-electron chi connectivity index (χ4n) is 1.52. The van der Waals surface area contributed by atoms with Crippen molar-refractivity contribution in [1.29, 1.82) is 0 Å². The van der Waals surface area contributed by atoms with Gasteiger partial charge in [-0.1, -0.05) is 12.1 Å². The van der Waals surface area contributed by atoms with Crippen LogP contribution in [0.25, 0.3) is 10.9 Å². The molecule has 3 nitrogen and oxygen atoms in total. The van der Waals surface area contributed by atoms with E-state index in [-0.39, 0.29) is 0 Å². The van der Waals surface area contributed by atoms with Crippen LogP contribution in [0.2, 0.25) is 0 Å². The highest BCUT2D eigenvalue weighted by molar-refractivity contribution is 5.83. The molecule has 0 atom stereocenters. The van der Waals surface area contributed by atoms with Crippen LogP contribution in [0.4, 0.5) is 5.82 Å². The van der Waals surface area contributed by atoms with Crippen molar-refractivity contribution in [1.82, 2.24) is 4.98 Å². The molecule has 1 aromatic heterocycles. The topological polar surface area (TPSA) is 48.1 Å². The van der Waals surface area contributed by atoms with Crippen molar-refractivity contribution in [3.63, 3.8) is 0 Å². The highest BCUT2D eigenvalue weighted by Crippen LogP contribution is 2.18. The van der Waals surface area contributed by atoms with Gasteiger partial charge in [-0.2, -0.15) is 0 Å². The molecule has 0 fully saturated rings. The molecule has 0 saturated carbocycles. The van der Waals surface area contributed by atoms with Crippen LogP contribution in [-0.2, 0) is 11.3 Å². The lowest BCUT2D eigenvalue weighted by atomic mass is 10.1. The quantitative estimate of drug-likeness (QED) is 0.783. The maximum atomic E-state index is 5.61. The molecule has 0 spiro atoms. The molecule has 2 N–H and O–H groups in total. The summed E-state index contributed by atoms with van der Waals surface area (Å²) in [4.78, 5) is 4.24. The molecule has 1 heterocycles. The Hall–Kier alpha value is -1.61. The van der Waals surface area contributed by atoms with Crippen LogP contribution < -0.4 is 5.73 Å². The van der Waals surface area contributed by atoms with Crippen molar-refractivity contribution >= 4 is 16.7 Å². The summed E-state index contributed by atoms with van der Waals surface area (Å²) in [5.41, 5.74) is 7.66. The lowest BCUT2D eigenvalue weighted by Crippen LogP contribution is -1.93. The van der Waals surface area contributed by atoms with E-state index in [1.165, 1.54) is 0 Å². The lowest BCUT2D eigenvalue weighted by Gasteiger charge is -2.04. The Bertz CT molecular complexity index is 454. The summed E-state index contributed by atoms with van der Waals surface area (Å²) >= 11 is 0. The number of aromatic nitrogens is 1. The summed E-state index contributed by atoms with van der Waals surface area (Å²) < 4.78 is 5.11. The summed E-state index contributed by atoms with van der Waals surface area (Å²) in [6.45, 7) is 0.600. The summed E-state index contributed by atoms with van der Waals surface area (Å²) in [5.74, 6) is 0.548. The summed E-state index contributed by atoms with van der Waals surface area (Å²) in [6, 6.07) is 9.73. The maximum absolute atomic E-state index is 5.61. The van der Waals surface area contributed by atoms with E-state index in [9.17, 15) is 0 Å². The van der Waals surface area contributed by atoms with E-state index in [2.05, 4.69) is 4.98 Å². The van der Waals surface area contributed by atoms with Crippen molar-refractivity contribution < 1.29 is 4.74 Å². The average Bonchev–Trinajstić information content (AvgIpc) is 2.18. The molecule has 0 bridgehead atoms. The Morgan fingerprint density at radius 2 is 2.14 bits per heavy atom. The van der Waals surface area contributed by atoms with Gasteiger partial charge in [0.15, 0.2) is 0 Å². The van der Waals surface area contributed by atoms with E-state index in [1.54, 1.807) is 7.11 Å². The monoisotopic (exact) mass is 188 g/mol. The summed E-state index contributed by atoms with van der Waals surface area (Å²) in [6.07, 6.45) is 0. The van der Waals surface area contributed by atoms with Crippen LogP contribution in [0.15, 0.2) is 30.3 Å². The molecular formula is C11H12N2O. The second-order valence-corrected chi connectivity index (χ2v) is 3.15. The van der Waals surface area contributed by atoms with Gasteiger partial charge < -0.3 is 10.5 Å². The zero-order valence-electron chi connectivity index (χ0n) is 8.03. The third-order valence-electron chi connectivity index (χ3n) is 2.14. The van der Waals surface area contributed by atoms with Crippen LogP contribution in [0, 0.1) is 0 Å². The van der Waals surface area contributed by atoms with Crippen molar-refractivity contribution in [2.75, 3.05) is 12.8 Å². The average molecular weight is 188 g/mol. The van der Waals surface area contributed by atoms with Gasteiger partial charge >= 0.3 is 0 Å². The second kappa shape index (κ2) is 3.64. The van der Waals surface area contributed by atoms with Crippen LogP contribution >= 0.6 is 0 Å². The molecule has 14 heavy (non-hydrogen) atoms. The largest absolute Gasteiger partial charge is 0.384 e. The fourth-order valence-corrected chi connectivity index (χ4v) is 1.52. The fraction of sp³-hybridized carbons (Fsp3) is 0.182. The van der Waals surface area contributed by atoms with Gasteiger partial charge in [-0.15, -0.1) is 0 Å². The minimum Gasteiger partial charge on any atom is -0.384 e. The first-order valence-corrected chi connectivity index (χ1v) is 4.44. The number of benzene rings is 1. The van der Waals surface area contributed by atoms with E-state index in [4.69, 9.17) is 10.5 Å². The molecule has 0 aliphatic heterocycles. The number of nitrogens with zero attached hydrogens (tertiary/aromatic N) is 1. The highest BCUT2D eigenvalue weighted by Gasteiger charge is 2.01. The van der Waals surface area contributed by atoms with Crippen LogP contribution in [0.5, 0.6) is 0 Å². The van der Waals surface area contributed by atoms with Crippen LogP contribution in [-0.4, -0.2) is 12.1 Å². The summed E-state index contributed by atoms with van der Waals surface area (Å²) in [7, 11) is 1.68. The number of hydrogen-bond donors (Lipinski definition) is 1. The molecule has 2 aromatic rings. The Morgan fingerprint density at radius 3 is 2.93 bits per heavy atom. The molecule has 0 amide bonds. The number of nitrogens with two attached hydrogens (primary N) is 1. The van der Waals surface area contributed by atoms with E-state index < -0.39 is 0 Å². The third kappa shape index (κ3) is 1.54. The molecule has 72 valence electrons. The number of rotatable bonds is 2. The second-order valence-electron chi connectivity index (χ2n) is 3.15. The molecular weight excluding hydrogens is 176 g/mol. The van der Waals surface area contributed by atoms with Crippen molar-refractivity contribution in [3.05, 3.63) is 35.9 Å². The first-order valence-electron chi connectivity index (χ1n) is 4.44. The minimum atomic E-state index is 0.548. The number of ether oxygens (including phenoxy) is 1. The molecule has 0 unspecified atom stereocenters. The zero-order chi connectivity index (χ0) is 9.97. The Balaban J connectivity index is 2.62. The number of anilines is 1. The Kier molecular flexibility index (Phi) is 2.33. The van der Waals surface area contributed by atoms with Gasteiger partial charge in [-0.3, -0.25) is 0 Å². The normalized spacial score (nSPS) is 10.6. The smallest absolute Gasteiger partial charge is 0.124 e. The SMILES string of the molecule is COCc1cccc2nc(N)ccc12. The van der Waals surface area contributed by atoms with Gasteiger partial charge in [0, 0.05) is 12.5 Å². The van der Waals surface area contributed by atoms with Crippen LogP contribution in [0.3, 0.4) is 0 Å². The number of nitrogen functional groups attached to an aromatic ring is 1. The van der Waals surface area contributed by atoms with Crippen LogP contribution in [0.1, 0.15) is 5.56 Å². The molecule has 2 rings (SSSR count). The van der Waals surface area contributed by atoms with Crippen molar-refractivity contribution in [2.24, 2.45) is 0 Å². The number of hydrogen-bond acceptors (Lipinski definition) is 3. The number of methoxy groups -OCH3 is 1. The number of fused-ring (bicyclic) bond motifs is 1. The Labute approximate surface area is 82.5 Å². The molecule has 1 aromatic carbocycles. The van der Waals surface area contributed by atoms with Gasteiger partial charge in [-0.05, 0) is 23.8 Å². The molecule has 0 aliphatic rings. The van der Waals surface area contributed by atoms with Gasteiger partial charge in [0.25, 0.3) is 0 Å². The first kappa shape index (κ1) is 8.97. The van der Waals surface area contributed by atoms with Crippen molar-refractivity contribution in [3.8, 4) is 0 Å². The lowest BCUT2D eigenvalue weighted by molar-refractivity contribution is 0.186. The number of pyridine rings is 1.